The van der Waals surface area contributed by atoms with Gasteiger partial charge in [0.05, 0.1) is 24.8 Å². The summed E-state index contributed by atoms with van der Waals surface area (Å²) in [6.45, 7) is 3.39. The third-order valence-corrected chi connectivity index (χ3v) is 4.54. The van der Waals surface area contributed by atoms with Gasteiger partial charge in [0, 0.05) is 19.0 Å². The summed E-state index contributed by atoms with van der Waals surface area (Å²) in [6.07, 6.45) is 3.27. The van der Waals surface area contributed by atoms with Gasteiger partial charge < -0.3 is 4.74 Å². The zero-order chi connectivity index (χ0) is 13.1. The SMILES string of the molecule is N#CCN1CCC2(CC1)C[C@@H](c1ccccc1)CO2. The Kier molecular flexibility index (Phi) is 3.54. The Hall–Kier alpha value is -1.37. The summed E-state index contributed by atoms with van der Waals surface area (Å²) in [4.78, 5) is 2.23. The van der Waals surface area contributed by atoms with E-state index in [1.165, 1.54) is 5.56 Å². The highest BCUT2D eigenvalue weighted by Crippen LogP contribution is 2.42. The van der Waals surface area contributed by atoms with Crippen LogP contribution in [-0.4, -0.2) is 36.7 Å². The van der Waals surface area contributed by atoms with Crippen molar-refractivity contribution in [2.75, 3.05) is 26.2 Å². The maximum atomic E-state index is 8.74. The van der Waals surface area contributed by atoms with Gasteiger partial charge in [0.1, 0.15) is 0 Å². The molecule has 2 saturated heterocycles. The smallest absolute Gasteiger partial charge is 0.0866 e. The summed E-state index contributed by atoms with van der Waals surface area (Å²) >= 11 is 0. The molecule has 0 saturated carbocycles. The predicted molar refractivity (Wildman–Crippen MR) is 73.8 cm³/mol. The van der Waals surface area contributed by atoms with Crippen LogP contribution >= 0.6 is 0 Å². The van der Waals surface area contributed by atoms with Gasteiger partial charge in [-0.15, -0.1) is 0 Å². The molecule has 2 aliphatic heterocycles. The molecule has 2 fully saturated rings. The zero-order valence-electron chi connectivity index (χ0n) is 11.2. The Morgan fingerprint density at radius 3 is 2.68 bits per heavy atom. The van der Waals surface area contributed by atoms with E-state index in [1.807, 2.05) is 0 Å². The van der Waals surface area contributed by atoms with E-state index in [0.717, 1.165) is 39.0 Å². The number of hydrogen-bond acceptors (Lipinski definition) is 3. The highest BCUT2D eigenvalue weighted by molar-refractivity contribution is 5.21. The maximum absolute atomic E-state index is 8.74. The molecule has 1 atom stereocenters. The van der Waals surface area contributed by atoms with Gasteiger partial charge in [0.25, 0.3) is 0 Å². The molecule has 1 aromatic carbocycles. The van der Waals surface area contributed by atoms with Crippen molar-refractivity contribution in [3.63, 3.8) is 0 Å². The number of nitrogens with zero attached hydrogens (tertiary/aromatic N) is 2. The van der Waals surface area contributed by atoms with E-state index >= 15 is 0 Å². The fourth-order valence-corrected chi connectivity index (χ4v) is 3.35. The normalized spacial score (nSPS) is 26.4. The van der Waals surface area contributed by atoms with Crippen LogP contribution in [0.3, 0.4) is 0 Å². The summed E-state index contributed by atoms with van der Waals surface area (Å²) in [7, 11) is 0. The lowest BCUT2D eigenvalue weighted by molar-refractivity contribution is -0.0413. The quantitative estimate of drug-likeness (QED) is 0.763. The molecule has 0 aromatic heterocycles. The summed E-state index contributed by atoms with van der Waals surface area (Å²) in [5.74, 6) is 0.545. The first-order valence-electron chi connectivity index (χ1n) is 7.10. The average Bonchev–Trinajstić information content (AvgIpc) is 2.87. The van der Waals surface area contributed by atoms with Crippen LogP contribution in [0.4, 0.5) is 0 Å². The Balaban J connectivity index is 1.62. The lowest BCUT2D eigenvalue weighted by atomic mass is 9.83. The molecule has 0 aliphatic carbocycles. The number of nitriles is 1. The first-order chi connectivity index (χ1) is 9.31. The highest BCUT2D eigenvalue weighted by Gasteiger charge is 2.42. The lowest BCUT2D eigenvalue weighted by Crippen LogP contribution is -2.44. The molecule has 0 radical (unpaired) electrons. The molecule has 2 aliphatic rings. The van der Waals surface area contributed by atoms with Gasteiger partial charge in [-0.25, -0.2) is 0 Å². The Labute approximate surface area is 114 Å². The fourth-order valence-electron chi connectivity index (χ4n) is 3.35. The number of benzene rings is 1. The minimum absolute atomic E-state index is 0.0759. The molecular formula is C16H20N2O. The largest absolute Gasteiger partial charge is 0.374 e. The van der Waals surface area contributed by atoms with Crippen molar-refractivity contribution in [3.8, 4) is 6.07 Å². The molecule has 3 rings (SSSR count). The molecule has 0 amide bonds. The van der Waals surface area contributed by atoms with Gasteiger partial charge in [-0.2, -0.15) is 5.26 Å². The van der Waals surface area contributed by atoms with Crippen molar-refractivity contribution in [1.82, 2.24) is 4.90 Å². The van der Waals surface area contributed by atoms with Crippen LogP contribution in [0.25, 0.3) is 0 Å². The molecular weight excluding hydrogens is 236 g/mol. The summed E-state index contributed by atoms with van der Waals surface area (Å²) in [6, 6.07) is 12.9. The van der Waals surface area contributed by atoms with Crippen LogP contribution in [0.15, 0.2) is 30.3 Å². The number of hydrogen-bond donors (Lipinski definition) is 0. The molecule has 1 spiro atoms. The fraction of sp³-hybridized carbons (Fsp3) is 0.562. The highest BCUT2D eigenvalue weighted by atomic mass is 16.5. The van der Waals surface area contributed by atoms with E-state index in [1.54, 1.807) is 0 Å². The second kappa shape index (κ2) is 5.32. The van der Waals surface area contributed by atoms with Gasteiger partial charge in [-0.1, -0.05) is 30.3 Å². The topological polar surface area (TPSA) is 36.3 Å². The Morgan fingerprint density at radius 2 is 2.00 bits per heavy atom. The van der Waals surface area contributed by atoms with Crippen LogP contribution in [0, 0.1) is 11.3 Å². The number of ether oxygens (including phenoxy) is 1. The summed E-state index contributed by atoms with van der Waals surface area (Å²) in [5, 5.41) is 8.74. The van der Waals surface area contributed by atoms with Crippen molar-refractivity contribution in [2.45, 2.75) is 30.8 Å². The van der Waals surface area contributed by atoms with Crippen LogP contribution < -0.4 is 0 Å². The Morgan fingerprint density at radius 1 is 1.26 bits per heavy atom. The predicted octanol–water partition coefficient (Wildman–Crippen LogP) is 2.55. The van der Waals surface area contributed by atoms with Gasteiger partial charge in [-0.3, -0.25) is 4.90 Å². The lowest BCUT2D eigenvalue weighted by Gasteiger charge is -2.37. The number of piperidine rings is 1. The van der Waals surface area contributed by atoms with Crippen LogP contribution in [0.2, 0.25) is 0 Å². The second-order valence-corrected chi connectivity index (χ2v) is 5.74. The summed E-state index contributed by atoms with van der Waals surface area (Å²) < 4.78 is 6.17. The Bertz CT molecular complexity index is 457. The van der Waals surface area contributed by atoms with Crippen molar-refractivity contribution < 1.29 is 4.74 Å². The van der Waals surface area contributed by atoms with Crippen LogP contribution in [0.1, 0.15) is 30.7 Å². The second-order valence-electron chi connectivity index (χ2n) is 5.74. The van der Waals surface area contributed by atoms with Crippen molar-refractivity contribution in [3.05, 3.63) is 35.9 Å². The molecule has 3 nitrogen and oxygen atoms in total. The molecule has 2 heterocycles. The molecule has 3 heteroatoms. The molecule has 0 unspecified atom stereocenters. The molecule has 0 bridgehead atoms. The van der Waals surface area contributed by atoms with E-state index in [0.29, 0.717) is 12.5 Å². The maximum Gasteiger partial charge on any atom is 0.0866 e. The van der Waals surface area contributed by atoms with E-state index in [4.69, 9.17) is 10.00 Å². The zero-order valence-corrected chi connectivity index (χ0v) is 11.2. The van der Waals surface area contributed by atoms with Crippen LogP contribution in [0.5, 0.6) is 0 Å². The van der Waals surface area contributed by atoms with Crippen molar-refractivity contribution in [1.29, 1.82) is 5.26 Å². The van der Waals surface area contributed by atoms with Crippen molar-refractivity contribution in [2.24, 2.45) is 0 Å². The van der Waals surface area contributed by atoms with Crippen molar-refractivity contribution >= 4 is 0 Å². The van der Waals surface area contributed by atoms with E-state index in [2.05, 4.69) is 41.3 Å². The minimum atomic E-state index is 0.0759. The van der Waals surface area contributed by atoms with E-state index < -0.39 is 0 Å². The van der Waals surface area contributed by atoms with Gasteiger partial charge in [0.2, 0.25) is 0 Å². The number of likely N-dealkylation sites (tertiary alicyclic amines) is 1. The third-order valence-electron chi connectivity index (χ3n) is 4.54. The number of rotatable bonds is 2. The third kappa shape index (κ3) is 2.65. The van der Waals surface area contributed by atoms with Gasteiger partial charge in [0.15, 0.2) is 0 Å². The monoisotopic (exact) mass is 256 g/mol. The molecule has 1 aromatic rings. The standard InChI is InChI=1S/C16H20N2O/c17-8-11-18-9-6-16(7-10-18)12-15(13-19-16)14-4-2-1-3-5-14/h1-5,15H,6-7,9-13H2/t15-/m1/s1. The first-order valence-corrected chi connectivity index (χ1v) is 7.10. The van der Waals surface area contributed by atoms with Crippen LogP contribution in [-0.2, 0) is 4.74 Å². The molecule has 100 valence electrons. The van der Waals surface area contributed by atoms with E-state index in [-0.39, 0.29) is 5.60 Å². The van der Waals surface area contributed by atoms with Gasteiger partial charge >= 0.3 is 0 Å². The minimum Gasteiger partial charge on any atom is -0.374 e. The molecule has 0 N–H and O–H groups in total. The van der Waals surface area contributed by atoms with Gasteiger partial charge in [-0.05, 0) is 24.8 Å². The molecule has 19 heavy (non-hydrogen) atoms. The average molecular weight is 256 g/mol. The first kappa shape index (κ1) is 12.7. The van der Waals surface area contributed by atoms with E-state index in [9.17, 15) is 0 Å². The summed E-state index contributed by atoms with van der Waals surface area (Å²) in [5.41, 5.74) is 1.48.